The maximum atomic E-state index is 13.3. The Morgan fingerprint density at radius 2 is 1.15 bits per heavy atom. The highest BCUT2D eigenvalue weighted by molar-refractivity contribution is 7.73. The van der Waals surface area contributed by atoms with Crippen LogP contribution in [-0.2, 0) is 9.53 Å². The van der Waals surface area contributed by atoms with Crippen LogP contribution in [0.2, 0.25) is 0 Å². The molecule has 0 bridgehead atoms. The number of carbonyl (C=O) groups is 1. The minimum absolute atomic E-state index is 0.0235. The fourth-order valence-electron chi connectivity index (χ4n) is 5.11. The van der Waals surface area contributed by atoms with Crippen molar-refractivity contribution in [2.24, 2.45) is 11.3 Å². The Kier molecular flexibility index (Phi) is 10.7. The van der Waals surface area contributed by atoms with Gasteiger partial charge in [-0.2, -0.15) is 0 Å². The van der Waals surface area contributed by atoms with Crippen molar-refractivity contribution in [2.75, 3.05) is 12.8 Å². The second-order valence-electron chi connectivity index (χ2n) is 13.9. The molecule has 0 heterocycles. The van der Waals surface area contributed by atoms with E-state index in [1.54, 1.807) is 0 Å². The Morgan fingerprint density at radius 1 is 0.750 bits per heavy atom. The average Bonchev–Trinajstić information content (AvgIpc) is 3.28. The van der Waals surface area contributed by atoms with E-state index in [4.69, 9.17) is 4.74 Å². The third-order valence-corrected chi connectivity index (χ3v) is 10.5. The predicted octanol–water partition coefficient (Wildman–Crippen LogP) is 9.70. The summed E-state index contributed by atoms with van der Waals surface area (Å²) in [5.41, 5.74) is 7.88. The summed E-state index contributed by atoms with van der Waals surface area (Å²) in [6, 6.07) is 14.4. The summed E-state index contributed by atoms with van der Waals surface area (Å²) in [7, 11) is -0.703. The zero-order chi connectivity index (χ0) is 29.9. The predicted molar refractivity (Wildman–Crippen MR) is 176 cm³/mol. The van der Waals surface area contributed by atoms with Gasteiger partial charge in [-0.1, -0.05) is 130 Å². The van der Waals surface area contributed by atoms with Crippen molar-refractivity contribution in [3.8, 4) is 0 Å². The number of allylic oxidation sites excluding steroid dienone is 2. The zero-order valence-electron chi connectivity index (χ0n) is 27.2. The summed E-state index contributed by atoms with van der Waals surface area (Å²) < 4.78 is 6.03. The van der Waals surface area contributed by atoms with Crippen LogP contribution in [0, 0.1) is 11.3 Å². The summed E-state index contributed by atoms with van der Waals surface area (Å²) >= 11 is 0. The molecule has 1 aliphatic carbocycles. The first-order valence-corrected chi connectivity index (χ1v) is 16.8. The van der Waals surface area contributed by atoms with Gasteiger partial charge < -0.3 is 4.74 Å². The molecule has 0 radical (unpaired) electrons. The van der Waals surface area contributed by atoms with E-state index >= 15 is 0 Å². The number of benzene rings is 2. The molecule has 0 aromatic heterocycles. The summed E-state index contributed by atoms with van der Waals surface area (Å²) in [5.74, 6) is 1.44. The summed E-state index contributed by atoms with van der Waals surface area (Å²) in [6.45, 7) is 27.3. The van der Waals surface area contributed by atoms with Crippen LogP contribution in [0.3, 0.4) is 0 Å². The van der Waals surface area contributed by atoms with Crippen LogP contribution in [0.25, 0.3) is 0 Å². The second kappa shape index (κ2) is 13.2. The van der Waals surface area contributed by atoms with Gasteiger partial charge in [0.1, 0.15) is 0 Å². The number of carbonyl (C=O) groups excluding carboxylic acids is 1. The highest BCUT2D eigenvalue weighted by Gasteiger charge is 2.29. The minimum Gasteiger partial charge on any atom is -0.465 e. The largest absolute Gasteiger partial charge is 0.465 e. The van der Waals surface area contributed by atoms with E-state index < -0.39 is 7.92 Å². The maximum Gasteiger partial charge on any atom is 0.316 e. The lowest BCUT2D eigenvalue weighted by atomic mass is 9.87. The van der Waals surface area contributed by atoms with Crippen LogP contribution in [0.1, 0.15) is 129 Å². The molecule has 0 aliphatic heterocycles. The van der Waals surface area contributed by atoms with Gasteiger partial charge in [-0.15, -0.1) is 0 Å². The molecule has 0 amide bonds. The molecule has 40 heavy (non-hydrogen) atoms. The Hall–Kier alpha value is -2.18. The highest BCUT2D eigenvalue weighted by atomic mass is 31.1. The van der Waals surface area contributed by atoms with Gasteiger partial charge in [-0.25, -0.2) is 0 Å². The van der Waals surface area contributed by atoms with Gasteiger partial charge in [0.15, 0.2) is 0 Å². The molecule has 1 aliphatic rings. The lowest BCUT2D eigenvalue weighted by Gasteiger charge is -2.25. The van der Waals surface area contributed by atoms with E-state index in [0.717, 1.165) is 11.7 Å². The average molecular weight is 561 g/mol. The highest BCUT2D eigenvalue weighted by Crippen LogP contribution is 2.39. The first-order chi connectivity index (χ1) is 18.6. The first-order valence-electron chi connectivity index (χ1n) is 15.2. The quantitative estimate of drug-likeness (QED) is 0.214. The van der Waals surface area contributed by atoms with E-state index in [-0.39, 0.29) is 17.3 Å². The number of hydrogen-bond acceptors (Lipinski definition) is 2. The summed E-state index contributed by atoms with van der Waals surface area (Å²) in [4.78, 5) is 13.3. The van der Waals surface area contributed by atoms with Crippen molar-refractivity contribution >= 4 is 24.5 Å². The molecule has 0 N–H and O–H groups in total. The lowest BCUT2D eigenvalue weighted by Crippen LogP contribution is -2.22. The van der Waals surface area contributed by atoms with Gasteiger partial charge in [0, 0.05) is 6.16 Å². The Balaban J connectivity index is 1.99. The first kappa shape index (κ1) is 32.3. The molecule has 2 nitrogen and oxygen atoms in total. The molecular formula is C37H53O2P. The van der Waals surface area contributed by atoms with E-state index in [1.807, 2.05) is 6.92 Å². The van der Waals surface area contributed by atoms with Crippen LogP contribution in [0.4, 0.5) is 0 Å². The molecule has 0 spiro atoms. The second-order valence-corrected chi connectivity index (χ2v) is 16.2. The van der Waals surface area contributed by atoms with Crippen molar-refractivity contribution in [1.29, 1.82) is 0 Å². The van der Waals surface area contributed by atoms with Gasteiger partial charge in [-0.3, -0.25) is 4.79 Å². The van der Waals surface area contributed by atoms with E-state index in [1.165, 1.54) is 38.4 Å². The number of hydrogen-bond donors (Lipinski definition) is 0. The Labute approximate surface area is 246 Å². The van der Waals surface area contributed by atoms with Crippen molar-refractivity contribution in [3.05, 3.63) is 82.0 Å². The van der Waals surface area contributed by atoms with E-state index in [0.29, 0.717) is 30.3 Å². The topological polar surface area (TPSA) is 26.3 Å². The fraction of sp³-hybridized carbons (Fsp3) is 0.541. The van der Waals surface area contributed by atoms with Gasteiger partial charge in [0.05, 0.1) is 12.5 Å². The van der Waals surface area contributed by atoms with Gasteiger partial charge in [0.2, 0.25) is 0 Å². The fourth-order valence-corrected chi connectivity index (χ4v) is 7.42. The number of rotatable bonds is 10. The Bertz CT molecular complexity index is 1140. The van der Waals surface area contributed by atoms with Crippen LogP contribution in [0.5, 0.6) is 0 Å². The van der Waals surface area contributed by atoms with Crippen molar-refractivity contribution in [3.63, 3.8) is 0 Å². The standard InChI is InChI=1S/C37H53O2P/c1-23(2)28-16-29(24(3)4)19-33(18-28)40(34-20-30(25(5)6)17-31(21-34)26(7)8)14-13-39-36(38)35-22-32(15-27(35)9)37(10,11)12/h15-26,35H,13-14H2,1-12H3/t35-/m0/s1. The monoisotopic (exact) mass is 560 g/mol. The molecule has 2 aromatic rings. The minimum atomic E-state index is -0.703. The summed E-state index contributed by atoms with van der Waals surface area (Å²) in [5, 5.41) is 2.78. The normalized spacial score (nSPS) is 16.0. The van der Waals surface area contributed by atoms with Gasteiger partial charge in [-0.05, 0) is 82.4 Å². The van der Waals surface area contributed by atoms with Crippen LogP contribution >= 0.6 is 7.92 Å². The van der Waals surface area contributed by atoms with Crippen molar-refractivity contribution < 1.29 is 9.53 Å². The van der Waals surface area contributed by atoms with Crippen molar-refractivity contribution in [1.82, 2.24) is 0 Å². The third kappa shape index (κ3) is 7.97. The molecule has 0 unspecified atom stereocenters. The molecule has 3 heteroatoms. The van der Waals surface area contributed by atoms with Crippen molar-refractivity contribution in [2.45, 2.75) is 107 Å². The molecule has 2 aromatic carbocycles. The zero-order valence-corrected chi connectivity index (χ0v) is 28.1. The van der Waals surface area contributed by atoms with Gasteiger partial charge in [0.25, 0.3) is 0 Å². The van der Waals surface area contributed by atoms with E-state index in [2.05, 4.69) is 125 Å². The molecule has 0 saturated heterocycles. The Morgan fingerprint density at radius 3 is 1.48 bits per heavy atom. The van der Waals surface area contributed by atoms with Crippen LogP contribution in [0.15, 0.2) is 59.7 Å². The molecule has 1 atom stereocenters. The summed E-state index contributed by atoms with van der Waals surface area (Å²) in [6.07, 6.45) is 5.08. The molecular weight excluding hydrogens is 507 g/mol. The van der Waals surface area contributed by atoms with Gasteiger partial charge >= 0.3 is 5.97 Å². The molecule has 0 saturated carbocycles. The lowest BCUT2D eigenvalue weighted by molar-refractivity contribution is -0.144. The molecule has 3 rings (SSSR count). The molecule has 218 valence electrons. The smallest absolute Gasteiger partial charge is 0.316 e. The SMILES string of the molecule is CC1=CC(C(C)(C)C)=C[C@@H]1C(=O)OCCP(c1cc(C(C)C)cc(C(C)C)c1)c1cc(C(C)C)cc(C(C)C)c1. The molecule has 0 fully saturated rings. The van der Waals surface area contributed by atoms with Crippen LogP contribution in [-0.4, -0.2) is 18.7 Å². The number of esters is 1. The van der Waals surface area contributed by atoms with Crippen LogP contribution < -0.4 is 10.6 Å². The van der Waals surface area contributed by atoms with E-state index in [9.17, 15) is 4.79 Å². The third-order valence-electron chi connectivity index (χ3n) is 8.11. The number of ether oxygens (including phenoxy) is 1. The maximum absolute atomic E-state index is 13.3.